The molecule has 1 spiro atoms. The number of likely N-dealkylation sites (N-methyl/N-ethyl adjacent to an activating group) is 1. The normalized spacial score (nSPS) is 27.3. The van der Waals surface area contributed by atoms with E-state index in [-0.39, 0.29) is 29.6 Å². The van der Waals surface area contributed by atoms with Crippen molar-refractivity contribution in [1.82, 2.24) is 14.4 Å². The van der Waals surface area contributed by atoms with Gasteiger partial charge in [0.2, 0.25) is 0 Å². The van der Waals surface area contributed by atoms with Crippen LogP contribution in [-0.4, -0.2) is 51.0 Å². The molecular weight excluding hydrogens is 402 g/mol. The fraction of sp³-hybridized carbons (Fsp3) is 0.611. The van der Waals surface area contributed by atoms with E-state index in [9.17, 15) is 14.4 Å². The topological polar surface area (TPSA) is 71.8 Å². The van der Waals surface area contributed by atoms with Crippen molar-refractivity contribution in [3.63, 3.8) is 0 Å². The summed E-state index contributed by atoms with van der Waals surface area (Å²) in [6.07, 6.45) is 6.19. The van der Waals surface area contributed by atoms with E-state index in [1.165, 1.54) is 15.5 Å². The van der Waals surface area contributed by atoms with Crippen molar-refractivity contribution in [2.45, 2.75) is 56.2 Å². The Balaban J connectivity index is 1.41. The Kier molecular flexibility index (Phi) is 4.13. The molecule has 1 aromatic heterocycles. The molecule has 26 heavy (non-hydrogen) atoms. The predicted octanol–water partition coefficient (Wildman–Crippen LogP) is 2.26. The van der Waals surface area contributed by atoms with Gasteiger partial charge in [-0.15, -0.1) is 0 Å². The van der Waals surface area contributed by atoms with Crippen molar-refractivity contribution >= 4 is 27.9 Å². The smallest absolute Gasteiger partial charge is 0.327 e. The van der Waals surface area contributed by atoms with Gasteiger partial charge in [-0.2, -0.15) is 0 Å². The second-order valence-electron chi connectivity index (χ2n) is 7.53. The van der Waals surface area contributed by atoms with Gasteiger partial charge in [0.1, 0.15) is 11.3 Å². The number of carbonyl (C=O) groups is 2. The number of ether oxygens (including phenoxy) is 1. The van der Waals surface area contributed by atoms with E-state index in [0.29, 0.717) is 5.75 Å². The zero-order chi connectivity index (χ0) is 18.6. The molecule has 3 amide bonds. The Morgan fingerprint density at radius 2 is 1.77 bits per heavy atom. The predicted molar refractivity (Wildman–Crippen MR) is 98.0 cm³/mol. The zero-order valence-electron chi connectivity index (χ0n) is 14.9. The van der Waals surface area contributed by atoms with E-state index in [4.69, 9.17) is 4.74 Å². The van der Waals surface area contributed by atoms with Gasteiger partial charge in [0.25, 0.3) is 11.5 Å². The minimum absolute atomic E-state index is 0.0184. The number of aryl methyl sites for hydroxylation is 1. The van der Waals surface area contributed by atoms with Crippen LogP contribution in [0.5, 0.6) is 5.75 Å². The molecular formula is C18H22BrN3O4. The molecule has 2 saturated carbocycles. The SMILES string of the molecule is CN1C(=O)N([C@H]2CC[C@H](Oc3cc(=O)n(C)cc3Br)CC2)C(=O)C12CC2. The largest absolute Gasteiger partial charge is 0.489 e. The van der Waals surface area contributed by atoms with E-state index >= 15 is 0 Å². The van der Waals surface area contributed by atoms with Gasteiger partial charge in [0.05, 0.1) is 10.6 Å². The maximum atomic E-state index is 12.7. The summed E-state index contributed by atoms with van der Waals surface area (Å²) in [6, 6.07) is 1.27. The van der Waals surface area contributed by atoms with Crippen molar-refractivity contribution in [3.8, 4) is 5.75 Å². The number of nitrogens with zero attached hydrogens (tertiary/aromatic N) is 3. The molecule has 2 heterocycles. The first kappa shape index (κ1) is 17.6. The van der Waals surface area contributed by atoms with Crippen LogP contribution in [0.3, 0.4) is 0 Å². The first-order valence-corrected chi connectivity index (χ1v) is 9.77. The summed E-state index contributed by atoms with van der Waals surface area (Å²) in [5.74, 6) is 0.519. The lowest BCUT2D eigenvalue weighted by atomic mass is 9.91. The molecule has 2 aliphatic carbocycles. The molecule has 0 aromatic carbocycles. The Bertz CT molecular complexity index is 824. The molecule has 1 aromatic rings. The van der Waals surface area contributed by atoms with Crippen LogP contribution in [0, 0.1) is 0 Å². The number of rotatable bonds is 3. The molecule has 0 unspecified atom stereocenters. The van der Waals surface area contributed by atoms with Crippen LogP contribution in [0.25, 0.3) is 0 Å². The van der Waals surface area contributed by atoms with E-state index in [2.05, 4.69) is 15.9 Å². The summed E-state index contributed by atoms with van der Waals surface area (Å²) in [5, 5.41) is 0. The van der Waals surface area contributed by atoms with E-state index in [1.54, 1.807) is 25.2 Å². The molecule has 140 valence electrons. The van der Waals surface area contributed by atoms with Crippen molar-refractivity contribution < 1.29 is 14.3 Å². The number of amides is 3. The van der Waals surface area contributed by atoms with Gasteiger partial charge < -0.3 is 14.2 Å². The van der Waals surface area contributed by atoms with Gasteiger partial charge >= 0.3 is 6.03 Å². The average molecular weight is 424 g/mol. The van der Waals surface area contributed by atoms with E-state index in [1.807, 2.05) is 0 Å². The summed E-state index contributed by atoms with van der Waals surface area (Å²) < 4.78 is 8.23. The van der Waals surface area contributed by atoms with Crippen LogP contribution in [-0.2, 0) is 11.8 Å². The van der Waals surface area contributed by atoms with E-state index < -0.39 is 5.54 Å². The zero-order valence-corrected chi connectivity index (χ0v) is 16.5. The molecule has 0 bridgehead atoms. The first-order valence-electron chi connectivity index (χ1n) is 8.98. The fourth-order valence-electron chi connectivity index (χ4n) is 4.06. The lowest BCUT2D eigenvalue weighted by Gasteiger charge is -2.33. The van der Waals surface area contributed by atoms with Crippen molar-refractivity contribution in [2.24, 2.45) is 7.05 Å². The molecule has 0 atom stereocenters. The molecule has 3 aliphatic rings. The summed E-state index contributed by atoms with van der Waals surface area (Å²) in [7, 11) is 3.42. The highest BCUT2D eigenvalue weighted by molar-refractivity contribution is 9.10. The third kappa shape index (κ3) is 2.66. The molecule has 7 nitrogen and oxygen atoms in total. The Morgan fingerprint density at radius 1 is 1.12 bits per heavy atom. The van der Waals surface area contributed by atoms with Crippen LogP contribution in [0.2, 0.25) is 0 Å². The van der Waals surface area contributed by atoms with Gasteiger partial charge in [-0.25, -0.2) is 4.79 Å². The summed E-state index contributed by atoms with van der Waals surface area (Å²) in [6.45, 7) is 0. The number of carbonyl (C=O) groups excluding carboxylic acids is 2. The standard InChI is InChI=1S/C18H22BrN3O4/c1-20-10-13(19)14(9-15(20)23)26-12-5-3-11(4-6-12)22-16(24)18(7-8-18)21(2)17(22)25/h9-12H,3-8H2,1-2H3/t11-,12-. The number of hydrogen-bond donors (Lipinski definition) is 0. The van der Waals surface area contributed by atoms with Crippen LogP contribution < -0.4 is 10.3 Å². The van der Waals surface area contributed by atoms with Gasteiger partial charge in [-0.05, 0) is 54.5 Å². The number of hydrogen-bond acceptors (Lipinski definition) is 4. The number of halogens is 1. The highest BCUT2D eigenvalue weighted by Gasteiger charge is 2.64. The summed E-state index contributed by atoms with van der Waals surface area (Å²) in [4.78, 5) is 40.1. The van der Waals surface area contributed by atoms with Gasteiger partial charge in [-0.1, -0.05) is 0 Å². The Labute approximate surface area is 160 Å². The minimum Gasteiger partial charge on any atom is -0.489 e. The molecule has 0 N–H and O–H groups in total. The second-order valence-corrected chi connectivity index (χ2v) is 8.39. The van der Waals surface area contributed by atoms with Crippen molar-refractivity contribution in [3.05, 3.63) is 27.1 Å². The number of imide groups is 1. The number of aromatic nitrogens is 1. The molecule has 3 fully saturated rings. The van der Waals surface area contributed by atoms with Crippen molar-refractivity contribution in [1.29, 1.82) is 0 Å². The molecule has 1 saturated heterocycles. The fourth-order valence-corrected chi connectivity index (χ4v) is 4.58. The second kappa shape index (κ2) is 6.11. The number of pyridine rings is 1. The molecule has 4 rings (SSSR count). The third-order valence-corrected chi connectivity index (χ3v) is 6.52. The first-order chi connectivity index (χ1) is 12.3. The summed E-state index contributed by atoms with van der Waals surface area (Å²) >= 11 is 3.43. The van der Waals surface area contributed by atoms with Crippen molar-refractivity contribution in [2.75, 3.05) is 7.05 Å². The maximum absolute atomic E-state index is 12.7. The molecule has 8 heteroatoms. The highest BCUT2D eigenvalue weighted by atomic mass is 79.9. The number of urea groups is 1. The van der Waals surface area contributed by atoms with Gasteiger partial charge in [0, 0.05) is 32.4 Å². The third-order valence-electron chi connectivity index (χ3n) is 5.92. The molecule has 1 aliphatic heterocycles. The quantitative estimate of drug-likeness (QED) is 0.698. The van der Waals surface area contributed by atoms with Crippen LogP contribution in [0.15, 0.2) is 21.5 Å². The molecule has 0 radical (unpaired) electrons. The van der Waals surface area contributed by atoms with E-state index in [0.717, 1.165) is 43.0 Å². The highest BCUT2D eigenvalue weighted by Crippen LogP contribution is 2.48. The van der Waals surface area contributed by atoms with Crippen LogP contribution in [0.4, 0.5) is 4.79 Å². The van der Waals surface area contributed by atoms with Crippen LogP contribution in [0.1, 0.15) is 38.5 Å². The lowest BCUT2D eigenvalue weighted by Crippen LogP contribution is -2.44. The maximum Gasteiger partial charge on any atom is 0.327 e. The Morgan fingerprint density at radius 3 is 2.35 bits per heavy atom. The Hall–Kier alpha value is -1.83. The monoisotopic (exact) mass is 423 g/mol. The minimum atomic E-state index is -0.542. The average Bonchev–Trinajstić information content (AvgIpc) is 3.39. The van der Waals surface area contributed by atoms with Gasteiger partial charge in [0.15, 0.2) is 0 Å². The lowest BCUT2D eigenvalue weighted by molar-refractivity contribution is -0.131. The van der Waals surface area contributed by atoms with Gasteiger partial charge in [-0.3, -0.25) is 14.5 Å². The van der Waals surface area contributed by atoms with Crippen LogP contribution >= 0.6 is 15.9 Å². The summed E-state index contributed by atoms with van der Waals surface area (Å²) in [5.41, 5.74) is -0.665.